The summed E-state index contributed by atoms with van der Waals surface area (Å²) in [5.74, 6) is 1.46. The number of likely N-dealkylation sites (N-methyl/N-ethyl adjacent to an activating group) is 1. The lowest BCUT2D eigenvalue weighted by atomic mass is 10.2. The van der Waals surface area contributed by atoms with E-state index in [0.717, 1.165) is 17.1 Å². The minimum absolute atomic E-state index is 0. The predicted molar refractivity (Wildman–Crippen MR) is 88.6 cm³/mol. The number of hydrogen-bond donors (Lipinski definition) is 1. The fraction of sp³-hybridized carbons (Fsp3) is 0.250. The molecule has 2 heterocycles. The van der Waals surface area contributed by atoms with Crippen LogP contribution >= 0.6 is 12.4 Å². The van der Waals surface area contributed by atoms with Gasteiger partial charge in [0.2, 0.25) is 12.7 Å². The van der Waals surface area contributed by atoms with Crippen LogP contribution in [0.1, 0.15) is 11.3 Å². The highest BCUT2D eigenvalue weighted by Crippen LogP contribution is 2.32. The van der Waals surface area contributed by atoms with E-state index in [9.17, 15) is 4.79 Å². The molecule has 0 atom stereocenters. The Balaban J connectivity index is 0.00000192. The molecule has 0 fully saturated rings. The van der Waals surface area contributed by atoms with Gasteiger partial charge in [-0.05, 0) is 29.8 Å². The number of ether oxygens (including phenoxy) is 2. The molecule has 1 amide bonds. The minimum atomic E-state index is -0.00469. The monoisotopic (exact) mass is 335 g/mol. The van der Waals surface area contributed by atoms with Crippen LogP contribution in [0.5, 0.6) is 11.5 Å². The van der Waals surface area contributed by atoms with E-state index >= 15 is 0 Å². The third kappa shape index (κ3) is 4.04. The largest absolute Gasteiger partial charge is 0.454 e. The third-order valence-corrected chi connectivity index (χ3v) is 3.46. The number of pyridine rings is 1. The van der Waals surface area contributed by atoms with Crippen molar-refractivity contribution in [3.63, 3.8) is 0 Å². The van der Waals surface area contributed by atoms with Crippen molar-refractivity contribution < 1.29 is 14.3 Å². The van der Waals surface area contributed by atoms with Gasteiger partial charge in [0.15, 0.2) is 11.5 Å². The van der Waals surface area contributed by atoms with Crippen LogP contribution in [0.4, 0.5) is 5.69 Å². The van der Waals surface area contributed by atoms with Gasteiger partial charge in [0.25, 0.3) is 0 Å². The summed E-state index contributed by atoms with van der Waals surface area (Å²) in [6.45, 7) is 0.751. The molecule has 7 heteroatoms. The number of amides is 1. The van der Waals surface area contributed by atoms with Gasteiger partial charge in [-0.1, -0.05) is 6.07 Å². The molecule has 1 aromatic heterocycles. The van der Waals surface area contributed by atoms with Gasteiger partial charge in [-0.2, -0.15) is 0 Å². The molecule has 0 aliphatic carbocycles. The van der Waals surface area contributed by atoms with Crippen LogP contribution in [-0.4, -0.2) is 29.6 Å². The van der Waals surface area contributed by atoms with Crippen molar-refractivity contribution in [2.24, 2.45) is 0 Å². The maximum Gasteiger partial charge on any atom is 0.231 e. The number of nitrogens with two attached hydrogens (primary N) is 1. The summed E-state index contributed by atoms with van der Waals surface area (Å²) in [6, 6.07) is 9.19. The molecule has 6 nitrogen and oxygen atoms in total. The van der Waals surface area contributed by atoms with Crippen molar-refractivity contribution in [1.29, 1.82) is 0 Å². The second-order valence-corrected chi connectivity index (χ2v) is 5.20. The average molecular weight is 336 g/mol. The highest BCUT2D eigenvalue weighted by atomic mass is 35.5. The summed E-state index contributed by atoms with van der Waals surface area (Å²) in [6.07, 6.45) is 1.81. The minimum Gasteiger partial charge on any atom is -0.454 e. The Hall–Kier alpha value is -2.47. The van der Waals surface area contributed by atoms with Crippen LogP contribution in [0, 0.1) is 0 Å². The van der Waals surface area contributed by atoms with Crippen molar-refractivity contribution in [1.82, 2.24) is 9.88 Å². The Bertz CT molecular complexity index is 691. The number of halogens is 1. The Kier molecular flexibility index (Phi) is 5.28. The van der Waals surface area contributed by atoms with Crippen molar-refractivity contribution in [3.05, 3.63) is 47.8 Å². The van der Waals surface area contributed by atoms with Gasteiger partial charge in [0.1, 0.15) is 0 Å². The van der Waals surface area contributed by atoms with E-state index < -0.39 is 0 Å². The summed E-state index contributed by atoms with van der Waals surface area (Å²) in [4.78, 5) is 18.0. The number of aromatic nitrogens is 1. The number of nitrogen functional groups attached to an aromatic ring is 1. The Morgan fingerprint density at radius 2 is 2.04 bits per heavy atom. The highest BCUT2D eigenvalue weighted by Gasteiger charge is 2.15. The lowest BCUT2D eigenvalue weighted by molar-refractivity contribution is -0.129. The van der Waals surface area contributed by atoms with Gasteiger partial charge in [-0.3, -0.25) is 9.78 Å². The predicted octanol–water partition coefficient (Wildman–Crippen LogP) is 2.02. The normalized spacial score (nSPS) is 11.7. The first-order chi connectivity index (χ1) is 10.6. The van der Waals surface area contributed by atoms with E-state index in [2.05, 4.69) is 4.98 Å². The third-order valence-electron chi connectivity index (χ3n) is 3.46. The lowest BCUT2D eigenvalue weighted by Crippen LogP contribution is -2.28. The van der Waals surface area contributed by atoms with Crippen LogP contribution < -0.4 is 15.2 Å². The zero-order valence-electron chi connectivity index (χ0n) is 12.7. The number of benzene rings is 1. The fourth-order valence-electron chi connectivity index (χ4n) is 2.23. The molecule has 1 aliphatic rings. The van der Waals surface area contributed by atoms with Crippen molar-refractivity contribution >= 4 is 24.0 Å². The molecule has 0 saturated carbocycles. The summed E-state index contributed by atoms with van der Waals surface area (Å²) >= 11 is 0. The molecule has 1 aromatic carbocycles. The number of hydrogen-bond acceptors (Lipinski definition) is 5. The molecule has 0 bridgehead atoms. The number of rotatable bonds is 4. The zero-order valence-corrected chi connectivity index (χ0v) is 13.5. The van der Waals surface area contributed by atoms with Crippen molar-refractivity contribution in [2.75, 3.05) is 19.6 Å². The molecule has 0 saturated heterocycles. The fourth-order valence-corrected chi connectivity index (χ4v) is 2.23. The summed E-state index contributed by atoms with van der Waals surface area (Å²) in [5.41, 5.74) is 7.87. The number of fused-ring (bicyclic) bond motifs is 1. The number of carbonyl (C=O) groups excluding carboxylic acids is 1. The van der Waals surface area contributed by atoms with Gasteiger partial charge in [-0.25, -0.2) is 0 Å². The van der Waals surface area contributed by atoms with Gasteiger partial charge in [0.05, 0.1) is 18.3 Å². The van der Waals surface area contributed by atoms with Crippen molar-refractivity contribution in [3.8, 4) is 11.5 Å². The molecular formula is C16H18ClN3O3. The molecule has 23 heavy (non-hydrogen) atoms. The smallest absolute Gasteiger partial charge is 0.231 e. The van der Waals surface area contributed by atoms with E-state index in [4.69, 9.17) is 15.2 Å². The van der Waals surface area contributed by atoms with Crippen LogP contribution in [0.3, 0.4) is 0 Å². The highest BCUT2D eigenvalue weighted by molar-refractivity contribution is 5.85. The van der Waals surface area contributed by atoms with Crippen LogP contribution in [0.2, 0.25) is 0 Å². The average Bonchev–Trinajstić information content (AvgIpc) is 2.97. The lowest BCUT2D eigenvalue weighted by Gasteiger charge is -2.17. The maximum absolute atomic E-state index is 12.2. The number of nitrogens with zero attached hydrogens (tertiary/aromatic N) is 2. The standard InChI is InChI=1S/C16H17N3O3.ClH/c1-19(16(20)7-13-4-3-12(17)8-18-13)9-11-2-5-14-15(6-11)22-10-21-14;/h2-6,8H,7,9-10,17H2,1H3;1H. The molecule has 0 spiro atoms. The molecule has 122 valence electrons. The van der Waals surface area contributed by atoms with E-state index in [-0.39, 0.29) is 31.5 Å². The topological polar surface area (TPSA) is 77.7 Å². The maximum atomic E-state index is 12.2. The van der Waals surface area contributed by atoms with E-state index in [1.807, 2.05) is 18.2 Å². The van der Waals surface area contributed by atoms with Crippen LogP contribution in [-0.2, 0) is 17.8 Å². The summed E-state index contributed by atoms with van der Waals surface area (Å²) in [5, 5.41) is 0. The molecule has 1 aliphatic heterocycles. The van der Waals surface area contributed by atoms with E-state index in [1.54, 1.807) is 30.3 Å². The van der Waals surface area contributed by atoms with Crippen molar-refractivity contribution in [2.45, 2.75) is 13.0 Å². The first-order valence-corrected chi connectivity index (χ1v) is 6.95. The van der Waals surface area contributed by atoms with Crippen LogP contribution in [0.15, 0.2) is 36.5 Å². The summed E-state index contributed by atoms with van der Waals surface area (Å²) in [7, 11) is 1.77. The second kappa shape index (κ2) is 7.19. The van der Waals surface area contributed by atoms with Crippen LogP contribution in [0.25, 0.3) is 0 Å². The first kappa shape index (κ1) is 16.9. The summed E-state index contributed by atoms with van der Waals surface area (Å²) < 4.78 is 10.6. The quantitative estimate of drug-likeness (QED) is 0.924. The van der Waals surface area contributed by atoms with Gasteiger partial charge in [-0.15, -0.1) is 12.4 Å². The van der Waals surface area contributed by atoms with Gasteiger partial charge in [0, 0.05) is 19.3 Å². The van der Waals surface area contributed by atoms with Gasteiger partial charge < -0.3 is 20.1 Å². The molecule has 2 aromatic rings. The first-order valence-electron chi connectivity index (χ1n) is 6.95. The van der Waals surface area contributed by atoms with E-state index in [0.29, 0.717) is 17.9 Å². The molecular weight excluding hydrogens is 318 g/mol. The molecule has 2 N–H and O–H groups in total. The van der Waals surface area contributed by atoms with Gasteiger partial charge >= 0.3 is 0 Å². The molecule has 0 unspecified atom stereocenters. The zero-order chi connectivity index (χ0) is 15.5. The Morgan fingerprint density at radius 1 is 1.26 bits per heavy atom. The number of carbonyl (C=O) groups is 1. The Morgan fingerprint density at radius 3 is 2.78 bits per heavy atom. The Labute approximate surface area is 140 Å². The second-order valence-electron chi connectivity index (χ2n) is 5.20. The number of anilines is 1. The SMILES string of the molecule is CN(Cc1ccc2c(c1)OCO2)C(=O)Cc1ccc(N)cn1.Cl. The van der Waals surface area contributed by atoms with E-state index in [1.165, 1.54) is 0 Å². The molecule has 0 radical (unpaired) electrons. The molecule has 3 rings (SSSR count).